The molecule has 4 aromatic carbocycles. The summed E-state index contributed by atoms with van der Waals surface area (Å²) in [5.74, 6) is -2.13. The van der Waals surface area contributed by atoms with E-state index in [0.717, 1.165) is 33.0 Å². The summed E-state index contributed by atoms with van der Waals surface area (Å²) in [6.07, 6.45) is -0.897. The molecule has 4 aromatic rings. The van der Waals surface area contributed by atoms with Crippen molar-refractivity contribution in [3.63, 3.8) is 0 Å². The Bertz CT molecular complexity index is 1770. The highest BCUT2D eigenvalue weighted by Crippen LogP contribution is 2.41. The van der Waals surface area contributed by atoms with Crippen LogP contribution in [0.4, 0.5) is 14.5 Å². The van der Waals surface area contributed by atoms with Crippen molar-refractivity contribution in [3.05, 3.63) is 113 Å². The highest BCUT2D eigenvalue weighted by molar-refractivity contribution is 7.92. The van der Waals surface area contributed by atoms with E-state index in [1.165, 1.54) is 30.3 Å². The topological polar surface area (TPSA) is 84.0 Å². The van der Waals surface area contributed by atoms with E-state index in [0.29, 0.717) is 0 Å². The van der Waals surface area contributed by atoms with Gasteiger partial charge in [-0.05, 0) is 72.6 Å². The highest BCUT2D eigenvalue weighted by Gasteiger charge is 2.41. The van der Waals surface area contributed by atoms with Gasteiger partial charge in [0.15, 0.2) is 0 Å². The molecule has 0 aliphatic carbocycles. The third-order valence-electron chi connectivity index (χ3n) is 6.97. The Morgan fingerprint density at radius 3 is 2.27 bits per heavy atom. The number of carbonyl (C=O) groups excluding carboxylic acids is 2. The molecule has 10 heteroatoms. The second-order valence-electron chi connectivity index (χ2n) is 9.67. The van der Waals surface area contributed by atoms with Crippen LogP contribution in [-0.4, -0.2) is 44.3 Å². The first-order chi connectivity index (χ1) is 19.1. The molecule has 6 rings (SSSR count). The van der Waals surface area contributed by atoms with Crippen molar-refractivity contribution in [3.8, 4) is 16.9 Å². The van der Waals surface area contributed by atoms with Crippen LogP contribution in [0.5, 0.6) is 5.75 Å². The van der Waals surface area contributed by atoms with Gasteiger partial charge in [0.1, 0.15) is 23.5 Å². The largest absolute Gasteiger partial charge is 0.484 e. The number of halogens is 2. The molecule has 2 aliphatic rings. The summed E-state index contributed by atoms with van der Waals surface area (Å²) in [6.45, 7) is 1.35. The van der Waals surface area contributed by atoms with Gasteiger partial charge < -0.3 is 4.74 Å². The monoisotopic (exact) mass is 560 g/mol. The smallest absolute Gasteiger partial charge is 0.264 e. The van der Waals surface area contributed by atoms with Gasteiger partial charge in [0.25, 0.3) is 21.8 Å². The second-order valence-corrected chi connectivity index (χ2v) is 11.5. The molecular weight excluding hydrogens is 538 g/mol. The zero-order valence-corrected chi connectivity index (χ0v) is 22.0. The number of imide groups is 1. The number of fused-ring (bicyclic) bond motifs is 2. The first-order valence-corrected chi connectivity index (χ1v) is 13.9. The molecule has 2 aliphatic heterocycles. The molecular formula is C30H22F2N2O5S. The van der Waals surface area contributed by atoms with E-state index in [1.54, 1.807) is 43.3 Å². The molecule has 0 saturated carbocycles. The lowest BCUT2D eigenvalue weighted by molar-refractivity contribution is 0.0573. The number of hydrogen-bond donors (Lipinski definition) is 0. The van der Waals surface area contributed by atoms with Crippen LogP contribution in [0, 0.1) is 18.6 Å². The van der Waals surface area contributed by atoms with E-state index in [9.17, 15) is 26.8 Å². The maximum absolute atomic E-state index is 14.6. The molecule has 0 bridgehead atoms. The van der Waals surface area contributed by atoms with Crippen LogP contribution in [0.1, 0.15) is 26.3 Å². The van der Waals surface area contributed by atoms with Crippen LogP contribution in [0.3, 0.4) is 0 Å². The minimum Gasteiger partial charge on any atom is -0.484 e. The predicted molar refractivity (Wildman–Crippen MR) is 144 cm³/mol. The maximum Gasteiger partial charge on any atom is 0.264 e. The number of anilines is 1. The number of nitrogens with zero attached hydrogens (tertiary/aromatic N) is 2. The van der Waals surface area contributed by atoms with E-state index >= 15 is 0 Å². The number of rotatable bonds is 5. The van der Waals surface area contributed by atoms with Crippen molar-refractivity contribution in [2.75, 3.05) is 17.4 Å². The molecule has 0 fully saturated rings. The first kappa shape index (κ1) is 25.7. The van der Waals surface area contributed by atoms with Gasteiger partial charge in [-0.15, -0.1) is 0 Å². The van der Waals surface area contributed by atoms with Crippen LogP contribution < -0.4 is 9.04 Å². The summed E-state index contributed by atoms with van der Waals surface area (Å²) in [7, 11) is -4.17. The van der Waals surface area contributed by atoms with Crippen LogP contribution in [-0.2, 0) is 10.0 Å². The van der Waals surface area contributed by atoms with Crippen molar-refractivity contribution < 1.29 is 31.5 Å². The molecule has 0 spiro atoms. The minimum absolute atomic E-state index is 0.0298. The van der Waals surface area contributed by atoms with Gasteiger partial charge in [-0.1, -0.05) is 30.3 Å². The van der Waals surface area contributed by atoms with E-state index in [-0.39, 0.29) is 51.7 Å². The predicted octanol–water partition coefficient (Wildman–Crippen LogP) is 5.19. The van der Waals surface area contributed by atoms with Crippen LogP contribution in [0.25, 0.3) is 11.1 Å². The van der Waals surface area contributed by atoms with Gasteiger partial charge in [0.2, 0.25) is 0 Å². The number of ether oxygens (including phenoxy) is 1. The maximum atomic E-state index is 14.6. The Kier molecular flexibility index (Phi) is 6.14. The van der Waals surface area contributed by atoms with Gasteiger partial charge in [0, 0.05) is 5.56 Å². The van der Waals surface area contributed by atoms with Gasteiger partial charge >= 0.3 is 0 Å². The van der Waals surface area contributed by atoms with Crippen molar-refractivity contribution in [2.24, 2.45) is 0 Å². The molecule has 0 saturated heterocycles. The van der Waals surface area contributed by atoms with Gasteiger partial charge in [0.05, 0.1) is 34.8 Å². The first-order valence-electron chi connectivity index (χ1n) is 12.4. The van der Waals surface area contributed by atoms with Crippen molar-refractivity contribution >= 4 is 27.5 Å². The number of sulfonamides is 1. The fourth-order valence-electron chi connectivity index (χ4n) is 5.03. The number of aryl methyl sites for hydroxylation is 1. The molecule has 1 atom stereocenters. The fourth-order valence-corrected chi connectivity index (χ4v) is 6.64. The summed E-state index contributed by atoms with van der Waals surface area (Å²) < 4.78 is 63.7. The van der Waals surface area contributed by atoms with Crippen molar-refractivity contribution in [1.29, 1.82) is 0 Å². The Labute approximate surface area is 229 Å². The number of benzene rings is 4. The molecule has 0 unspecified atom stereocenters. The Hall–Kier alpha value is -4.57. The normalized spacial score (nSPS) is 16.5. The molecule has 40 heavy (non-hydrogen) atoms. The summed E-state index contributed by atoms with van der Waals surface area (Å²) >= 11 is 0. The molecule has 0 N–H and O–H groups in total. The Morgan fingerprint density at radius 1 is 0.850 bits per heavy atom. The van der Waals surface area contributed by atoms with Crippen LogP contribution >= 0.6 is 0 Å². The molecule has 0 radical (unpaired) electrons. The summed E-state index contributed by atoms with van der Waals surface area (Å²) in [5, 5.41) is 0. The van der Waals surface area contributed by atoms with E-state index < -0.39 is 39.6 Å². The molecule has 2 amide bonds. The molecule has 2 heterocycles. The lowest BCUT2D eigenvalue weighted by Crippen LogP contribution is -2.49. The molecule has 7 nitrogen and oxygen atoms in total. The second kappa shape index (κ2) is 9.56. The van der Waals surface area contributed by atoms with E-state index in [1.807, 2.05) is 0 Å². The third kappa shape index (κ3) is 4.30. The summed E-state index contributed by atoms with van der Waals surface area (Å²) in [5.41, 5.74) is 1.62. The van der Waals surface area contributed by atoms with Crippen molar-refractivity contribution in [2.45, 2.75) is 17.9 Å². The fraction of sp³-hybridized carbons (Fsp3) is 0.133. The quantitative estimate of drug-likeness (QED) is 0.314. The summed E-state index contributed by atoms with van der Waals surface area (Å²) in [4.78, 5) is 27.0. The SMILES string of the molecule is Cc1cccc(S(=O)(=O)N2C[C@H](CN3C(=O)c4ccccc4C3=O)Oc3ccc(-c4cc(F)ccc4F)cc32)c1. The minimum atomic E-state index is -4.17. The molecule has 202 valence electrons. The van der Waals surface area contributed by atoms with Gasteiger partial charge in [-0.3, -0.25) is 18.8 Å². The number of hydrogen-bond acceptors (Lipinski definition) is 5. The standard InChI is InChI=1S/C30H22F2N2O5S/c1-18-5-4-6-22(13-18)40(37,38)34-17-21(16-33-29(35)23-7-2-3-8-24(23)30(33)36)39-28-12-9-19(14-27(28)34)25-15-20(31)10-11-26(25)32/h2-15,21H,16-17H2,1H3/t21-/m0/s1. The average molecular weight is 561 g/mol. The van der Waals surface area contributed by atoms with E-state index in [4.69, 9.17) is 4.74 Å². The lowest BCUT2D eigenvalue weighted by atomic mass is 10.0. The zero-order valence-electron chi connectivity index (χ0n) is 21.2. The highest BCUT2D eigenvalue weighted by atomic mass is 32.2. The Morgan fingerprint density at radius 2 is 1.57 bits per heavy atom. The number of carbonyl (C=O) groups is 2. The van der Waals surface area contributed by atoms with E-state index in [2.05, 4.69) is 0 Å². The Balaban J connectivity index is 1.41. The summed E-state index contributed by atoms with van der Waals surface area (Å²) in [6, 6.07) is 20.3. The van der Waals surface area contributed by atoms with Crippen LogP contribution in [0.2, 0.25) is 0 Å². The van der Waals surface area contributed by atoms with Crippen molar-refractivity contribution in [1.82, 2.24) is 4.90 Å². The molecule has 0 aromatic heterocycles. The third-order valence-corrected chi connectivity index (χ3v) is 8.75. The van der Waals surface area contributed by atoms with Gasteiger partial charge in [-0.25, -0.2) is 17.2 Å². The lowest BCUT2D eigenvalue weighted by Gasteiger charge is -2.37. The van der Waals surface area contributed by atoms with Gasteiger partial charge in [-0.2, -0.15) is 0 Å². The zero-order chi connectivity index (χ0) is 28.2. The number of amides is 2. The van der Waals surface area contributed by atoms with Crippen LogP contribution in [0.15, 0.2) is 89.8 Å². The average Bonchev–Trinajstić information content (AvgIpc) is 3.18.